The molecule has 0 spiro atoms. The second kappa shape index (κ2) is 5.29. The number of nitrogens with one attached hydrogen (secondary N) is 1. The summed E-state index contributed by atoms with van der Waals surface area (Å²) in [5, 5.41) is 3.67. The van der Waals surface area contributed by atoms with Crippen molar-refractivity contribution >= 4 is 23.2 Å². The van der Waals surface area contributed by atoms with Gasteiger partial charge in [-0.1, -0.05) is 24.4 Å². The molecule has 0 atom stereocenters. The van der Waals surface area contributed by atoms with Gasteiger partial charge in [0.25, 0.3) is 0 Å². The Morgan fingerprint density at radius 1 is 1.44 bits per heavy atom. The van der Waals surface area contributed by atoms with Crippen molar-refractivity contribution < 1.29 is 4.79 Å². The van der Waals surface area contributed by atoms with Crippen LogP contribution < -0.4 is 11.1 Å². The number of nitrogens with two attached hydrogens (primary N) is 1. The van der Waals surface area contributed by atoms with Crippen molar-refractivity contribution in [3.05, 3.63) is 28.8 Å². The number of rotatable bonds is 3. The van der Waals surface area contributed by atoms with Crippen LogP contribution in [0.2, 0.25) is 5.02 Å². The highest BCUT2D eigenvalue weighted by Crippen LogP contribution is 2.38. The quantitative estimate of drug-likeness (QED) is 0.883. The highest BCUT2D eigenvalue weighted by atomic mass is 35.5. The fraction of sp³-hybridized carbons (Fsp3) is 0.500. The molecule has 1 aromatic carbocycles. The summed E-state index contributed by atoms with van der Waals surface area (Å²) in [6, 6.07) is 5.48. The maximum Gasteiger partial charge on any atom is 0.231 e. The van der Waals surface area contributed by atoms with Gasteiger partial charge in [0.05, 0.1) is 5.41 Å². The number of carbonyl (C=O) groups excluding carboxylic acids is 1. The van der Waals surface area contributed by atoms with E-state index < -0.39 is 0 Å². The summed E-state index contributed by atoms with van der Waals surface area (Å²) < 4.78 is 0. The molecule has 3 nitrogen and oxygen atoms in total. The van der Waals surface area contributed by atoms with E-state index in [0.29, 0.717) is 11.6 Å². The van der Waals surface area contributed by atoms with Crippen LogP contribution in [0.25, 0.3) is 0 Å². The third kappa shape index (κ3) is 2.52. The van der Waals surface area contributed by atoms with E-state index >= 15 is 0 Å². The zero-order valence-corrected chi connectivity index (χ0v) is 11.4. The standard InChI is InChI=1S/C14H19ClN2O/c1-10-8-11(15)4-5-12(10)17-13(18)14(9-16)6-2-3-7-14/h4-5,8H,2-3,6-7,9,16H2,1H3,(H,17,18). The van der Waals surface area contributed by atoms with Gasteiger partial charge in [0, 0.05) is 17.3 Å². The van der Waals surface area contributed by atoms with Crippen molar-refractivity contribution in [2.75, 3.05) is 11.9 Å². The van der Waals surface area contributed by atoms with Crippen LogP contribution in [-0.2, 0) is 4.79 Å². The molecule has 18 heavy (non-hydrogen) atoms. The molecule has 1 saturated carbocycles. The lowest BCUT2D eigenvalue weighted by Gasteiger charge is -2.26. The summed E-state index contributed by atoms with van der Waals surface area (Å²) in [7, 11) is 0. The summed E-state index contributed by atoms with van der Waals surface area (Å²) in [5.41, 5.74) is 7.23. The van der Waals surface area contributed by atoms with E-state index in [1.165, 1.54) is 0 Å². The Morgan fingerprint density at radius 3 is 2.67 bits per heavy atom. The lowest BCUT2D eigenvalue weighted by Crippen LogP contribution is -2.40. The Kier molecular flexibility index (Phi) is 3.93. The van der Waals surface area contributed by atoms with Crippen LogP contribution in [-0.4, -0.2) is 12.5 Å². The van der Waals surface area contributed by atoms with E-state index in [1.807, 2.05) is 19.1 Å². The van der Waals surface area contributed by atoms with Gasteiger partial charge in [-0.05, 0) is 43.5 Å². The number of amides is 1. The molecular weight excluding hydrogens is 248 g/mol. The summed E-state index contributed by atoms with van der Waals surface area (Å²) in [6.45, 7) is 2.36. The molecule has 1 amide bonds. The Balaban J connectivity index is 2.15. The van der Waals surface area contributed by atoms with Crippen LogP contribution in [0.3, 0.4) is 0 Å². The summed E-state index contributed by atoms with van der Waals surface area (Å²) in [4.78, 5) is 12.4. The molecule has 98 valence electrons. The molecule has 0 radical (unpaired) electrons. The van der Waals surface area contributed by atoms with E-state index in [1.54, 1.807) is 6.07 Å². The number of hydrogen-bond donors (Lipinski definition) is 2. The van der Waals surface area contributed by atoms with Crippen LogP contribution in [0, 0.1) is 12.3 Å². The van der Waals surface area contributed by atoms with Crippen LogP contribution >= 0.6 is 11.6 Å². The Labute approximate surface area is 113 Å². The van der Waals surface area contributed by atoms with Gasteiger partial charge in [0.2, 0.25) is 5.91 Å². The van der Waals surface area contributed by atoms with Gasteiger partial charge in [0.1, 0.15) is 0 Å². The molecule has 2 rings (SSSR count). The molecule has 1 aliphatic rings. The molecule has 1 aromatic rings. The summed E-state index contributed by atoms with van der Waals surface area (Å²) in [5.74, 6) is 0.0490. The molecule has 0 aromatic heterocycles. The van der Waals surface area contributed by atoms with Crippen LogP contribution in [0.4, 0.5) is 5.69 Å². The highest BCUT2D eigenvalue weighted by molar-refractivity contribution is 6.30. The largest absolute Gasteiger partial charge is 0.329 e. The molecule has 1 aliphatic carbocycles. The van der Waals surface area contributed by atoms with Crippen molar-refractivity contribution in [1.29, 1.82) is 0 Å². The van der Waals surface area contributed by atoms with E-state index in [2.05, 4.69) is 5.32 Å². The number of anilines is 1. The maximum atomic E-state index is 12.4. The highest BCUT2D eigenvalue weighted by Gasteiger charge is 2.39. The van der Waals surface area contributed by atoms with Crippen molar-refractivity contribution in [3.63, 3.8) is 0 Å². The van der Waals surface area contributed by atoms with E-state index in [4.69, 9.17) is 17.3 Å². The average Bonchev–Trinajstić information content (AvgIpc) is 2.82. The minimum absolute atomic E-state index is 0.0490. The van der Waals surface area contributed by atoms with Crippen molar-refractivity contribution in [2.24, 2.45) is 11.1 Å². The van der Waals surface area contributed by atoms with Crippen molar-refractivity contribution in [1.82, 2.24) is 0 Å². The van der Waals surface area contributed by atoms with Crippen LogP contribution in [0.15, 0.2) is 18.2 Å². The molecule has 1 fully saturated rings. The van der Waals surface area contributed by atoms with Crippen LogP contribution in [0.5, 0.6) is 0 Å². The topological polar surface area (TPSA) is 55.1 Å². The lowest BCUT2D eigenvalue weighted by atomic mass is 9.85. The SMILES string of the molecule is Cc1cc(Cl)ccc1NC(=O)C1(CN)CCCC1. The molecule has 0 saturated heterocycles. The molecule has 0 bridgehead atoms. The second-order valence-electron chi connectivity index (χ2n) is 5.10. The molecule has 3 N–H and O–H groups in total. The fourth-order valence-electron chi connectivity index (χ4n) is 2.60. The second-order valence-corrected chi connectivity index (χ2v) is 5.54. The number of halogens is 1. The first kappa shape index (κ1) is 13.4. The van der Waals surface area contributed by atoms with Gasteiger partial charge in [-0.3, -0.25) is 4.79 Å². The van der Waals surface area contributed by atoms with Crippen molar-refractivity contribution in [3.8, 4) is 0 Å². The number of hydrogen-bond acceptors (Lipinski definition) is 2. The first-order valence-corrected chi connectivity index (χ1v) is 6.73. The van der Waals surface area contributed by atoms with E-state index in [0.717, 1.165) is 36.9 Å². The molecule has 0 unspecified atom stereocenters. The predicted octanol–water partition coefficient (Wildman–Crippen LogP) is 3.11. The van der Waals surface area contributed by atoms with Gasteiger partial charge in [-0.25, -0.2) is 0 Å². The maximum absolute atomic E-state index is 12.4. The first-order chi connectivity index (χ1) is 8.57. The zero-order valence-electron chi connectivity index (χ0n) is 10.6. The van der Waals surface area contributed by atoms with Gasteiger partial charge in [-0.15, -0.1) is 0 Å². The normalized spacial score (nSPS) is 17.7. The third-order valence-electron chi connectivity index (χ3n) is 3.87. The van der Waals surface area contributed by atoms with Gasteiger partial charge in [0.15, 0.2) is 0 Å². The third-order valence-corrected chi connectivity index (χ3v) is 4.10. The first-order valence-electron chi connectivity index (χ1n) is 6.35. The molecule has 4 heteroatoms. The van der Waals surface area contributed by atoms with Crippen molar-refractivity contribution in [2.45, 2.75) is 32.6 Å². The smallest absolute Gasteiger partial charge is 0.231 e. The minimum atomic E-state index is -0.369. The van der Waals surface area contributed by atoms with Gasteiger partial charge in [-0.2, -0.15) is 0 Å². The Morgan fingerprint density at radius 2 is 2.11 bits per heavy atom. The lowest BCUT2D eigenvalue weighted by molar-refractivity contribution is -0.124. The molecular formula is C14H19ClN2O. The summed E-state index contributed by atoms with van der Waals surface area (Å²) in [6.07, 6.45) is 3.96. The van der Waals surface area contributed by atoms with E-state index in [9.17, 15) is 4.79 Å². The monoisotopic (exact) mass is 266 g/mol. The zero-order chi connectivity index (χ0) is 13.2. The van der Waals surface area contributed by atoms with Gasteiger partial charge < -0.3 is 11.1 Å². The van der Waals surface area contributed by atoms with E-state index in [-0.39, 0.29) is 11.3 Å². The number of carbonyl (C=O) groups is 1. The molecule has 0 heterocycles. The Bertz CT molecular complexity index is 453. The van der Waals surface area contributed by atoms with Gasteiger partial charge >= 0.3 is 0 Å². The minimum Gasteiger partial charge on any atom is -0.329 e. The fourth-order valence-corrected chi connectivity index (χ4v) is 2.82. The van der Waals surface area contributed by atoms with Crippen LogP contribution in [0.1, 0.15) is 31.2 Å². The summed E-state index contributed by atoms with van der Waals surface area (Å²) >= 11 is 5.90. The number of benzene rings is 1. The molecule has 0 aliphatic heterocycles. The Hall–Kier alpha value is -1.06. The predicted molar refractivity (Wildman–Crippen MR) is 74.8 cm³/mol. The number of aryl methyl sites for hydroxylation is 1. The average molecular weight is 267 g/mol.